The number of aryl methyl sites for hydroxylation is 1. The first-order valence-corrected chi connectivity index (χ1v) is 7.52. The van der Waals surface area contributed by atoms with Crippen LogP contribution in [-0.4, -0.2) is 28.2 Å². The molecule has 2 rings (SSSR count). The van der Waals surface area contributed by atoms with Gasteiger partial charge in [-0.05, 0) is 44.4 Å². The van der Waals surface area contributed by atoms with E-state index >= 15 is 0 Å². The zero-order chi connectivity index (χ0) is 13.5. The average molecular weight is 263 g/mol. The van der Waals surface area contributed by atoms with Crippen molar-refractivity contribution in [3.63, 3.8) is 0 Å². The predicted octanol–water partition coefficient (Wildman–Crippen LogP) is 2.57. The van der Waals surface area contributed by atoms with Crippen molar-refractivity contribution in [1.82, 2.24) is 9.97 Å². The first kappa shape index (κ1) is 14.3. The number of anilines is 1. The smallest absolute Gasteiger partial charge is 0.132 e. The molecule has 0 saturated carbocycles. The van der Waals surface area contributed by atoms with E-state index in [0.717, 1.165) is 44.5 Å². The number of nitrogens with zero attached hydrogens (tertiary/aromatic N) is 2. The molecule has 2 N–H and O–H groups in total. The number of nitrogens with one attached hydrogen (secondary N) is 1. The summed E-state index contributed by atoms with van der Waals surface area (Å²) in [5.74, 6) is 1.55. The molecule has 0 spiro atoms. The summed E-state index contributed by atoms with van der Waals surface area (Å²) in [7, 11) is 0. The number of rotatable bonds is 7. The van der Waals surface area contributed by atoms with E-state index in [1.807, 2.05) is 0 Å². The van der Waals surface area contributed by atoms with E-state index < -0.39 is 0 Å². The molecule has 4 heteroatoms. The molecule has 0 aromatic carbocycles. The number of fused-ring (bicyclic) bond motifs is 1. The quantitative estimate of drug-likeness (QED) is 0.794. The Morgan fingerprint density at radius 3 is 2.89 bits per heavy atom. The van der Waals surface area contributed by atoms with Crippen LogP contribution in [0, 0.1) is 5.92 Å². The zero-order valence-electron chi connectivity index (χ0n) is 11.9. The highest BCUT2D eigenvalue weighted by atomic mass is 16.3. The van der Waals surface area contributed by atoms with Crippen LogP contribution in [0.4, 0.5) is 5.82 Å². The minimum atomic E-state index is 0.272. The number of aromatic nitrogens is 2. The lowest BCUT2D eigenvalue weighted by molar-refractivity contribution is 0.255. The number of aliphatic hydroxyl groups is 1. The minimum absolute atomic E-state index is 0.272. The van der Waals surface area contributed by atoms with Crippen molar-refractivity contribution >= 4 is 5.82 Å². The molecular weight excluding hydrogens is 238 g/mol. The third-order valence-electron chi connectivity index (χ3n) is 3.92. The van der Waals surface area contributed by atoms with Crippen LogP contribution in [0.5, 0.6) is 0 Å². The molecule has 106 valence electrons. The third-order valence-corrected chi connectivity index (χ3v) is 3.92. The van der Waals surface area contributed by atoms with Crippen LogP contribution in [-0.2, 0) is 12.8 Å². The molecule has 0 aliphatic heterocycles. The zero-order valence-corrected chi connectivity index (χ0v) is 11.9. The SMILES string of the molecule is CCCC(CCO)CNc1ncnc2c1CCCC2. The van der Waals surface area contributed by atoms with Crippen molar-refractivity contribution < 1.29 is 5.11 Å². The van der Waals surface area contributed by atoms with Crippen LogP contribution >= 0.6 is 0 Å². The Hall–Kier alpha value is -1.16. The first-order valence-electron chi connectivity index (χ1n) is 7.52. The van der Waals surface area contributed by atoms with E-state index in [9.17, 15) is 0 Å². The topological polar surface area (TPSA) is 58.0 Å². The Morgan fingerprint density at radius 2 is 2.11 bits per heavy atom. The van der Waals surface area contributed by atoms with Crippen LogP contribution < -0.4 is 5.32 Å². The molecule has 1 aromatic rings. The summed E-state index contributed by atoms with van der Waals surface area (Å²) in [4.78, 5) is 8.79. The van der Waals surface area contributed by atoms with Gasteiger partial charge in [0.15, 0.2) is 0 Å². The normalized spacial score (nSPS) is 15.9. The fraction of sp³-hybridized carbons (Fsp3) is 0.733. The van der Waals surface area contributed by atoms with Gasteiger partial charge in [-0.25, -0.2) is 9.97 Å². The molecule has 1 unspecified atom stereocenters. The second kappa shape index (κ2) is 7.43. The molecule has 0 fully saturated rings. The molecule has 19 heavy (non-hydrogen) atoms. The predicted molar refractivity (Wildman–Crippen MR) is 77.3 cm³/mol. The number of hydrogen-bond acceptors (Lipinski definition) is 4. The first-order chi connectivity index (χ1) is 9.35. The van der Waals surface area contributed by atoms with Crippen molar-refractivity contribution in [2.24, 2.45) is 5.92 Å². The minimum Gasteiger partial charge on any atom is -0.396 e. The van der Waals surface area contributed by atoms with Gasteiger partial charge in [-0.15, -0.1) is 0 Å². The van der Waals surface area contributed by atoms with E-state index in [1.54, 1.807) is 6.33 Å². The fourth-order valence-electron chi connectivity index (χ4n) is 2.85. The molecule has 1 atom stereocenters. The maximum absolute atomic E-state index is 9.10. The molecule has 1 aromatic heterocycles. The summed E-state index contributed by atoms with van der Waals surface area (Å²) >= 11 is 0. The molecule has 0 radical (unpaired) electrons. The Kier molecular flexibility index (Phi) is 5.58. The van der Waals surface area contributed by atoms with E-state index in [-0.39, 0.29) is 6.61 Å². The van der Waals surface area contributed by atoms with Crippen molar-refractivity contribution in [2.45, 2.75) is 51.9 Å². The summed E-state index contributed by atoms with van der Waals surface area (Å²) in [5, 5.41) is 12.6. The van der Waals surface area contributed by atoms with Gasteiger partial charge in [-0.1, -0.05) is 13.3 Å². The molecule has 0 amide bonds. The Morgan fingerprint density at radius 1 is 1.26 bits per heavy atom. The monoisotopic (exact) mass is 263 g/mol. The maximum atomic E-state index is 9.10. The molecular formula is C15H25N3O. The number of hydrogen-bond donors (Lipinski definition) is 2. The van der Waals surface area contributed by atoms with Crippen LogP contribution in [0.1, 0.15) is 50.3 Å². The molecule has 1 aliphatic rings. The van der Waals surface area contributed by atoms with Crippen molar-refractivity contribution in [2.75, 3.05) is 18.5 Å². The summed E-state index contributed by atoms with van der Waals surface area (Å²) in [5.41, 5.74) is 2.53. The lowest BCUT2D eigenvalue weighted by Crippen LogP contribution is -2.19. The second-order valence-corrected chi connectivity index (χ2v) is 5.40. The number of aliphatic hydroxyl groups excluding tert-OH is 1. The summed E-state index contributed by atoms with van der Waals surface area (Å²) in [6.07, 6.45) is 9.52. The van der Waals surface area contributed by atoms with E-state index in [2.05, 4.69) is 22.2 Å². The van der Waals surface area contributed by atoms with Crippen molar-refractivity contribution in [1.29, 1.82) is 0 Å². The molecule has 4 nitrogen and oxygen atoms in total. The van der Waals surface area contributed by atoms with Gasteiger partial charge in [-0.2, -0.15) is 0 Å². The molecule has 0 saturated heterocycles. The van der Waals surface area contributed by atoms with Crippen LogP contribution in [0.15, 0.2) is 6.33 Å². The van der Waals surface area contributed by atoms with Gasteiger partial charge in [-0.3, -0.25) is 0 Å². The molecule has 1 aliphatic carbocycles. The lowest BCUT2D eigenvalue weighted by Gasteiger charge is -2.20. The van der Waals surface area contributed by atoms with Gasteiger partial charge >= 0.3 is 0 Å². The largest absolute Gasteiger partial charge is 0.396 e. The Labute approximate surface area is 115 Å². The average Bonchev–Trinajstić information content (AvgIpc) is 2.45. The van der Waals surface area contributed by atoms with Crippen molar-refractivity contribution in [3.05, 3.63) is 17.6 Å². The van der Waals surface area contributed by atoms with Gasteiger partial charge in [0.05, 0.1) is 0 Å². The van der Waals surface area contributed by atoms with Gasteiger partial charge in [0, 0.05) is 24.4 Å². The fourth-order valence-corrected chi connectivity index (χ4v) is 2.85. The van der Waals surface area contributed by atoms with E-state index in [1.165, 1.54) is 24.1 Å². The van der Waals surface area contributed by atoms with Crippen LogP contribution in [0.25, 0.3) is 0 Å². The van der Waals surface area contributed by atoms with E-state index in [4.69, 9.17) is 5.11 Å². The summed E-state index contributed by atoms with van der Waals surface area (Å²) in [6, 6.07) is 0. The highest BCUT2D eigenvalue weighted by Crippen LogP contribution is 2.24. The maximum Gasteiger partial charge on any atom is 0.132 e. The van der Waals surface area contributed by atoms with Crippen LogP contribution in [0.2, 0.25) is 0 Å². The standard InChI is InChI=1S/C15H25N3O/c1-2-5-12(8-9-19)10-16-15-13-6-3-4-7-14(13)17-11-18-15/h11-12,19H,2-10H2,1H3,(H,16,17,18). The Balaban J connectivity index is 1.98. The van der Waals surface area contributed by atoms with Gasteiger partial charge in [0.1, 0.15) is 12.1 Å². The second-order valence-electron chi connectivity index (χ2n) is 5.40. The third kappa shape index (κ3) is 3.90. The summed E-state index contributed by atoms with van der Waals surface area (Å²) in [6.45, 7) is 3.36. The van der Waals surface area contributed by atoms with E-state index in [0.29, 0.717) is 5.92 Å². The van der Waals surface area contributed by atoms with Gasteiger partial charge in [0.2, 0.25) is 0 Å². The highest BCUT2D eigenvalue weighted by molar-refractivity contribution is 5.46. The van der Waals surface area contributed by atoms with Gasteiger partial charge < -0.3 is 10.4 Å². The van der Waals surface area contributed by atoms with Crippen LogP contribution in [0.3, 0.4) is 0 Å². The molecule has 1 heterocycles. The summed E-state index contributed by atoms with van der Waals surface area (Å²) < 4.78 is 0. The lowest BCUT2D eigenvalue weighted by atomic mass is 9.96. The Bertz CT molecular complexity index is 389. The van der Waals surface area contributed by atoms with Crippen molar-refractivity contribution in [3.8, 4) is 0 Å². The molecule has 0 bridgehead atoms. The van der Waals surface area contributed by atoms with Gasteiger partial charge in [0.25, 0.3) is 0 Å². The highest BCUT2D eigenvalue weighted by Gasteiger charge is 2.16.